The van der Waals surface area contributed by atoms with Crippen molar-refractivity contribution < 1.29 is 24.0 Å². The van der Waals surface area contributed by atoms with Crippen molar-refractivity contribution in [2.75, 3.05) is 19.8 Å². The maximum Gasteiger partial charge on any atom is 0.294 e. The largest absolute Gasteiger partial charge is 0.464 e. The van der Waals surface area contributed by atoms with E-state index < -0.39 is 11.0 Å². The van der Waals surface area contributed by atoms with Crippen LogP contribution in [0.25, 0.3) is 0 Å². The van der Waals surface area contributed by atoms with E-state index in [2.05, 4.69) is 19.8 Å². The van der Waals surface area contributed by atoms with Crippen molar-refractivity contribution in [1.82, 2.24) is 10.5 Å². The Hall–Kier alpha value is -2.03. The monoisotopic (exact) mass is 265 g/mol. The van der Waals surface area contributed by atoms with E-state index in [4.69, 9.17) is 16.3 Å². The van der Waals surface area contributed by atoms with Gasteiger partial charge in [0.2, 0.25) is 0 Å². The maximum absolute atomic E-state index is 11.1. The number of carbonyl (C=O) groups excluding carboxylic acids is 1. The molecule has 0 saturated carbocycles. The van der Waals surface area contributed by atoms with Crippen LogP contribution in [-0.4, -0.2) is 35.9 Å². The molecular formula is C7H8ClN3O6. The fraction of sp³-hybridized carbons (Fsp3) is 0.429. The zero-order valence-electron chi connectivity index (χ0n) is 8.42. The standard InChI is InChI=1S/C7H8ClN3O6/c8-5-3-16-10-7(5)15-4-6(12)9-1-2-17-11(13)14/h3H,1-2,4H2,(H,9,12). The van der Waals surface area contributed by atoms with Gasteiger partial charge >= 0.3 is 0 Å². The number of amides is 1. The lowest BCUT2D eigenvalue weighted by molar-refractivity contribution is -0.757. The Morgan fingerprint density at radius 2 is 2.47 bits per heavy atom. The van der Waals surface area contributed by atoms with Gasteiger partial charge in [0.1, 0.15) is 17.9 Å². The van der Waals surface area contributed by atoms with Gasteiger partial charge in [-0.3, -0.25) is 4.79 Å². The van der Waals surface area contributed by atoms with Gasteiger partial charge in [-0.25, -0.2) is 0 Å². The highest BCUT2D eigenvalue weighted by atomic mass is 35.5. The molecule has 0 aromatic carbocycles. The molecule has 0 radical (unpaired) electrons. The lowest BCUT2D eigenvalue weighted by Gasteiger charge is -2.04. The molecule has 1 N–H and O–H groups in total. The molecule has 10 heteroatoms. The highest BCUT2D eigenvalue weighted by Crippen LogP contribution is 2.20. The summed E-state index contributed by atoms with van der Waals surface area (Å²) in [5, 5.41) is 14.7. The Labute approximate surface area is 99.7 Å². The van der Waals surface area contributed by atoms with Gasteiger partial charge in [-0.05, 0) is 5.16 Å². The van der Waals surface area contributed by atoms with Gasteiger partial charge in [0.15, 0.2) is 6.61 Å². The summed E-state index contributed by atoms with van der Waals surface area (Å²) in [6.45, 7) is -0.566. The maximum atomic E-state index is 11.1. The Morgan fingerprint density at radius 1 is 1.71 bits per heavy atom. The molecule has 0 unspecified atom stereocenters. The smallest absolute Gasteiger partial charge is 0.294 e. The molecule has 9 nitrogen and oxygen atoms in total. The average Bonchev–Trinajstić information content (AvgIpc) is 2.67. The van der Waals surface area contributed by atoms with Crippen molar-refractivity contribution in [2.24, 2.45) is 0 Å². The number of aromatic nitrogens is 1. The molecule has 1 aromatic rings. The van der Waals surface area contributed by atoms with Crippen molar-refractivity contribution >= 4 is 17.5 Å². The number of ether oxygens (including phenoxy) is 1. The van der Waals surface area contributed by atoms with E-state index in [1.54, 1.807) is 0 Å². The molecule has 0 saturated heterocycles. The molecule has 0 aliphatic rings. The Balaban J connectivity index is 2.13. The predicted octanol–water partition coefficient (Wildman–Crippen LogP) is 0.0313. The first-order valence-corrected chi connectivity index (χ1v) is 4.74. The molecule has 17 heavy (non-hydrogen) atoms. The summed E-state index contributed by atoms with van der Waals surface area (Å²) in [5.41, 5.74) is 0. The van der Waals surface area contributed by atoms with Crippen LogP contribution >= 0.6 is 11.6 Å². The fourth-order valence-corrected chi connectivity index (χ4v) is 0.934. The minimum Gasteiger partial charge on any atom is -0.464 e. The fourth-order valence-electron chi connectivity index (χ4n) is 0.805. The zero-order chi connectivity index (χ0) is 12.7. The summed E-state index contributed by atoms with van der Waals surface area (Å²) in [5.74, 6) is -0.487. The van der Waals surface area contributed by atoms with Crippen molar-refractivity contribution in [2.45, 2.75) is 0 Å². The average molecular weight is 266 g/mol. The van der Waals surface area contributed by atoms with Crippen LogP contribution in [0.5, 0.6) is 5.88 Å². The van der Waals surface area contributed by atoms with Crippen LogP contribution < -0.4 is 10.1 Å². The first-order valence-electron chi connectivity index (χ1n) is 4.36. The lowest BCUT2D eigenvalue weighted by Crippen LogP contribution is -2.32. The number of rotatable bonds is 7. The second-order valence-corrected chi connectivity index (χ2v) is 3.07. The molecule has 0 aliphatic carbocycles. The van der Waals surface area contributed by atoms with E-state index in [0.717, 1.165) is 6.26 Å². The Bertz CT molecular complexity index is 395. The van der Waals surface area contributed by atoms with Crippen LogP contribution in [0, 0.1) is 10.1 Å². The normalized spacial score (nSPS) is 9.71. The van der Waals surface area contributed by atoms with Gasteiger partial charge in [-0.1, -0.05) is 11.6 Å². The summed E-state index contributed by atoms with van der Waals surface area (Å²) < 4.78 is 9.36. The van der Waals surface area contributed by atoms with Crippen molar-refractivity contribution in [3.8, 4) is 5.88 Å². The number of halogens is 1. The number of hydrogen-bond acceptors (Lipinski definition) is 7. The summed E-state index contributed by atoms with van der Waals surface area (Å²) >= 11 is 5.58. The van der Waals surface area contributed by atoms with Crippen LogP contribution in [-0.2, 0) is 9.63 Å². The van der Waals surface area contributed by atoms with Gasteiger partial charge in [0.05, 0.1) is 0 Å². The van der Waals surface area contributed by atoms with Crippen LogP contribution in [0.2, 0.25) is 5.02 Å². The molecule has 0 spiro atoms. The van der Waals surface area contributed by atoms with Gasteiger partial charge in [0.25, 0.3) is 16.9 Å². The molecular weight excluding hydrogens is 258 g/mol. The van der Waals surface area contributed by atoms with Gasteiger partial charge in [0, 0.05) is 6.54 Å². The van der Waals surface area contributed by atoms with E-state index in [1.807, 2.05) is 0 Å². The third kappa shape index (κ3) is 5.02. The van der Waals surface area contributed by atoms with Crippen molar-refractivity contribution in [3.63, 3.8) is 0 Å². The molecule has 1 aromatic heterocycles. The molecule has 1 amide bonds. The van der Waals surface area contributed by atoms with E-state index in [9.17, 15) is 14.9 Å². The Kier molecular flexibility index (Phi) is 5.01. The van der Waals surface area contributed by atoms with E-state index in [0.29, 0.717) is 0 Å². The Morgan fingerprint density at radius 3 is 3.06 bits per heavy atom. The van der Waals surface area contributed by atoms with Crippen LogP contribution in [0.1, 0.15) is 0 Å². The minimum absolute atomic E-state index is 0.00311. The van der Waals surface area contributed by atoms with Gasteiger partial charge in [-0.15, -0.1) is 10.1 Å². The number of nitrogens with zero attached hydrogens (tertiary/aromatic N) is 2. The molecule has 1 heterocycles. The topological polar surface area (TPSA) is 117 Å². The highest BCUT2D eigenvalue weighted by Gasteiger charge is 2.09. The second-order valence-electron chi connectivity index (χ2n) is 2.66. The number of nitrogens with one attached hydrogen (secondary N) is 1. The molecule has 0 fully saturated rings. The third-order valence-electron chi connectivity index (χ3n) is 1.46. The van der Waals surface area contributed by atoms with Crippen molar-refractivity contribution in [3.05, 3.63) is 21.4 Å². The summed E-state index contributed by atoms with van der Waals surface area (Å²) in [4.78, 5) is 24.9. The summed E-state index contributed by atoms with van der Waals surface area (Å²) in [6, 6.07) is 0. The highest BCUT2D eigenvalue weighted by molar-refractivity contribution is 6.31. The summed E-state index contributed by atoms with van der Waals surface area (Å²) in [7, 11) is 0. The molecule has 0 atom stereocenters. The number of hydrogen-bond donors (Lipinski definition) is 1. The molecule has 1 rings (SSSR count). The molecule has 0 aliphatic heterocycles. The SMILES string of the molecule is O=C(COc1nocc1Cl)NCCO[N+](=O)[O-]. The predicted molar refractivity (Wildman–Crippen MR) is 53.0 cm³/mol. The quantitative estimate of drug-likeness (QED) is 0.420. The first-order chi connectivity index (χ1) is 8.09. The molecule has 0 bridgehead atoms. The summed E-state index contributed by atoms with van der Waals surface area (Å²) in [6.07, 6.45) is 1.15. The van der Waals surface area contributed by atoms with Crippen LogP contribution in [0.3, 0.4) is 0 Å². The lowest BCUT2D eigenvalue weighted by atomic mass is 10.6. The first kappa shape index (κ1) is 13.0. The van der Waals surface area contributed by atoms with Crippen molar-refractivity contribution in [1.29, 1.82) is 0 Å². The van der Waals surface area contributed by atoms with Gasteiger partial charge in [-0.2, -0.15) is 0 Å². The van der Waals surface area contributed by atoms with E-state index in [-0.39, 0.29) is 30.7 Å². The minimum atomic E-state index is -0.947. The van der Waals surface area contributed by atoms with Gasteiger partial charge < -0.3 is 19.4 Å². The van der Waals surface area contributed by atoms with Crippen LogP contribution in [0.15, 0.2) is 10.8 Å². The third-order valence-corrected chi connectivity index (χ3v) is 1.71. The second kappa shape index (κ2) is 6.53. The molecule has 94 valence electrons. The zero-order valence-corrected chi connectivity index (χ0v) is 9.18. The van der Waals surface area contributed by atoms with E-state index in [1.165, 1.54) is 0 Å². The van der Waals surface area contributed by atoms with E-state index >= 15 is 0 Å². The number of carbonyl (C=O) groups is 1. The van der Waals surface area contributed by atoms with Crippen LogP contribution in [0.4, 0.5) is 0 Å².